The van der Waals surface area contributed by atoms with Crippen molar-refractivity contribution in [1.29, 1.82) is 0 Å². The minimum absolute atomic E-state index is 0.0873. The largest absolute Gasteiger partial charge is 0.285 e. The van der Waals surface area contributed by atoms with E-state index in [-0.39, 0.29) is 11.3 Å². The summed E-state index contributed by atoms with van der Waals surface area (Å²) >= 11 is 7.10. The molecular weight excluding hydrogens is 284 g/mol. The van der Waals surface area contributed by atoms with Crippen molar-refractivity contribution in [2.24, 2.45) is 0 Å². The smallest absolute Gasteiger partial charge is 0.251 e. The highest BCUT2D eigenvalue weighted by atomic mass is 35.5. The normalized spacial score (nSPS) is 10.2. The van der Waals surface area contributed by atoms with Crippen molar-refractivity contribution < 1.29 is 9.59 Å². The first-order valence-corrected chi connectivity index (χ1v) is 6.93. The number of hydrogen-bond donors (Lipinski definition) is 0. The molecule has 1 aromatic heterocycles. The van der Waals surface area contributed by atoms with Gasteiger partial charge in [0.25, 0.3) is 5.78 Å². The molecular formula is C13H9ClN2O2S. The number of Topliss-reactive ketones (excluding diaryl/α,β-unsaturated/α-hetero) is 2. The molecule has 0 radical (unpaired) electrons. The lowest BCUT2D eigenvalue weighted by Gasteiger charge is -2.01. The number of hydrogen-bond acceptors (Lipinski definition) is 5. The van der Waals surface area contributed by atoms with Gasteiger partial charge in [-0.2, -0.15) is 0 Å². The highest BCUT2D eigenvalue weighted by molar-refractivity contribution is 7.98. The maximum atomic E-state index is 12.0. The lowest BCUT2D eigenvalue weighted by molar-refractivity contribution is 0.0813. The number of carbonyl (C=O) groups is 2. The molecule has 0 aliphatic heterocycles. The second-order valence-corrected chi connectivity index (χ2v) is 4.81. The van der Waals surface area contributed by atoms with Crippen molar-refractivity contribution in [2.45, 2.75) is 5.16 Å². The van der Waals surface area contributed by atoms with Crippen LogP contribution < -0.4 is 0 Å². The summed E-state index contributed by atoms with van der Waals surface area (Å²) in [5.41, 5.74) is 0.339. The van der Waals surface area contributed by atoms with Gasteiger partial charge in [0.15, 0.2) is 5.16 Å². The van der Waals surface area contributed by atoms with E-state index in [9.17, 15) is 9.59 Å². The number of halogens is 1. The van der Waals surface area contributed by atoms with Crippen LogP contribution >= 0.6 is 23.4 Å². The Balaban J connectivity index is 2.31. The van der Waals surface area contributed by atoms with E-state index in [0.717, 1.165) is 0 Å². The fourth-order valence-electron chi connectivity index (χ4n) is 1.44. The maximum absolute atomic E-state index is 12.0. The molecule has 0 bridgehead atoms. The summed E-state index contributed by atoms with van der Waals surface area (Å²) in [4.78, 5) is 32.0. The quantitative estimate of drug-likeness (QED) is 0.375. The van der Waals surface area contributed by atoms with Gasteiger partial charge in [-0.05, 0) is 24.5 Å². The molecule has 2 rings (SSSR count). The number of aromatic nitrogens is 2. The van der Waals surface area contributed by atoms with E-state index in [4.69, 9.17) is 11.6 Å². The van der Waals surface area contributed by atoms with Gasteiger partial charge < -0.3 is 0 Å². The Morgan fingerprint density at radius 3 is 2.68 bits per heavy atom. The molecule has 0 saturated carbocycles. The van der Waals surface area contributed by atoms with Crippen molar-refractivity contribution in [1.82, 2.24) is 9.97 Å². The molecule has 2 aromatic rings. The van der Waals surface area contributed by atoms with E-state index in [2.05, 4.69) is 9.97 Å². The molecule has 0 aliphatic carbocycles. The minimum Gasteiger partial charge on any atom is -0.285 e. The number of ketones is 2. The summed E-state index contributed by atoms with van der Waals surface area (Å²) in [6, 6.07) is 7.68. The Labute approximate surface area is 119 Å². The Kier molecular flexibility index (Phi) is 4.29. The summed E-state index contributed by atoms with van der Waals surface area (Å²) in [5.74, 6) is -1.30. The molecule has 0 fully saturated rings. The fraction of sp³-hybridized carbons (Fsp3) is 0.0769. The van der Waals surface area contributed by atoms with Crippen molar-refractivity contribution in [2.75, 3.05) is 6.26 Å². The van der Waals surface area contributed by atoms with Gasteiger partial charge in [0, 0.05) is 16.8 Å². The predicted molar refractivity (Wildman–Crippen MR) is 73.9 cm³/mol. The van der Waals surface area contributed by atoms with Crippen LogP contribution in [0.4, 0.5) is 0 Å². The monoisotopic (exact) mass is 292 g/mol. The average molecular weight is 293 g/mol. The summed E-state index contributed by atoms with van der Waals surface area (Å²) in [7, 11) is 0. The molecule has 0 atom stereocenters. The Morgan fingerprint density at radius 1 is 1.21 bits per heavy atom. The molecule has 4 nitrogen and oxygen atoms in total. The summed E-state index contributed by atoms with van der Waals surface area (Å²) in [6.45, 7) is 0. The predicted octanol–water partition coefficient (Wildman–Crippen LogP) is 2.92. The Bertz CT molecular complexity index is 646. The third-order valence-electron chi connectivity index (χ3n) is 2.34. The molecule has 0 spiro atoms. The zero-order chi connectivity index (χ0) is 13.8. The second-order valence-electron chi connectivity index (χ2n) is 3.60. The van der Waals surface area contributed by atoms with Gasteiger partial charge in [-0.1, -0.05) is 35.5 Å². The lowest BCUT2D eigenvalue weighted by atomic mass is 10.1. The van der Waals surface area contributed by atoms with Crippen LogP contribution in [0.2, 0.25) is 5.02 Å². The minimum atomic E-state index is -0.667. The molecule has 6 heteroatoms. The molecule has 0 unspecified atom stereocenters. The fourth-order valence-corrected chi connectivity index (χ4v) is 1.99. The second kappa shape index (κ2) is 5.95. The SMILES string of the molecule is CSc1nccc(C(=O)C(=O)c2cccc(Cl)c2)n1. The van der Waals surface area contributed by atoms with Crippen LogP contribution in [0.15, 0.2) is 41.7 Å². The Morgan fingerprint density at radius 2 is 2.00 bits per heavy atom. The van der Waals surface area contributed by atoms with E-state index in [1.807, 2.05) is 0 Å². The van der Waals surface area contributed by atoms with Gasteiger partial charge in [-0.25, -0.2) is 9.97 Å². The molecule has 0 aliphatic rings. The number of thioether (sulfide) groups is 1. The highest BCUT2D eigenvalue weighted by Gasteiger charge is 2.20. The van der Waals surface area contributed by atoms with E-state index >= 15 is 0 Å². The standard InChI is InChI=1S/C13H9ClN2O2S/c1-19-13-15-6-5-10(16-13)12(18)11(17)8-3-2-4-9(14)7-8/h2-7H,1H3. The first-order valence-electron chi connectivity index (χ1n) is 5.33. The van der Waals surface area contributed by atoms with Crippen LogP contribution in [-0.2, 0) is 0 Å². The first-order chi connectivity index (χ1) is 9.11. The highest BCUT2D eigenvalue weighted by Crippen LogP contribution is 2.14. The van der Waals surface area contributed by atoms with Gasteiger partial charge in [0.05, 0.1) is 0 Å². The van der Waals surface area contributed by atoms with Crippen LogP contribution in [-0.4, -0.2) is 27.8 Å². The summed E-state index contributed by atoms with van der Waals surface area (Å²) in [6.07, 6.45) is 3.25. The molecule has 0 N–H and O–H groups in total. The molecule has 1 aromatic carbocycles. The van der Waals surface area contributed by atoms with Crippen LogP contribution in [0.1, 0.15) is 20.8 Å². The van der Waals surface area contributed by atoms with Gasteiger partial charge in [0.1, 0.15) is 5.69 Å². The van der Waals surface area contributed by atoms with Crippen LogP contribution in [0.5, 0.6) is 0 Å². The zero-order valence-corrected chi connectivity index (χ0v) is 11.5. The number of benzene rings is 1. The Hall–Kier alpha value is -1.72. The number of carbonyl (C=O) groups excluding carboxylic acids is 2. The molecule has 96 valence electrons. The average Bonchev–Trinajstić information content (AvgIpc) is 2.45. The molecule has 0 saturated heterocycles. The maximum Gasteiger partial charge on any atom is 0.251 e. The summed E-state index contributed by atoms with van der Waals surface area (Å²) < 4.78 is 0. The van der Waals surface area contributed by atoms with Crippen LogP contribution in [0, 0.1) is 0 Å². The first kappa shape index (κ1) is 13.7. The van der Waals surface area contributed by atoms with Crippen molar-refractivity contribution >= 4 is 34.9 Å². The number of rotatable bonds is 4. The molecule has 0 amide bonds. The third kappa shape index (κ3) is 3.19. The van der Waals surface area contributed by atoms with Crippen LogP contribution in [0.25, 0.3) is 0 Å². The van der Waals surface area contributed by atoms with Gasteiger partial charge in [-0.3, -0.25) is 9.59 Å². The van der Waals surface area contributed by atoms with E-state index < -0.39 is 11.6 Å². The zero-order valence-electron chi connectivity index (χ0n) is 9.96. The van der Waals surface area contributed by atoms with E-state index in [0.29, 0.717) is 10.2 Å². The van der Waals surface area contributed by atoms with Crippen molar-refractivity contribution in [3.63, 3.8) is 0 Å². The van der Waals surface area contributed by atoms with Gasteiger partial charge in [0.2, 0.25) is 5.78 Å². The van der Waals surface area contributed by atoms with Gasteiger partial charge >= 0.3 is 0 Å². The molecule has 19 heavy (non-hydrogen) atoms. The lowest BCUT2D eigenvalue weighted by Crippen LogP contribution is -2.16. The summed E-state index contributed by atoms with van der Waals surface area (Å²) in [5, 5.41) is 0.857. The topological polar surface area (TPSA) is 59.9 Å². The van der Waals surface area contributed by atoms with Crippen molar-refractivity contribution in [3.05, 3.63) is 52.8 Å². The van der Waals surface area contributed by atoms with Crippen molar-refractivity contribution in [3.8, 4) is 0 Å². The number of nitrogens with zero attached hydrogens (tertiary/aromatic N) is 2. The third-order valence-corrected chi connectivity index (χ3v) is 3.14. The van der Waals surface area contributed by atoms with Gasteiger partial charge in [-0.15, -0.1) is 0 Å². The van der Waals surface area contributed by atoms with E-state index in [1.54, 1.807) is 24.5 Å². The van der Waals surface area contributed by atoms with E-state index in [1.165, 1.54) is 30.1 Å². The molecule has 1 heterocycles. The van der Waals surface area contributed by atoms with Crippen LogP contribution in [0.3, 0.4) is 0 Å².